The van der Waals surface area contributed by atoms with E-state index in [0.29, 0.717) is 11.8 Å². The molecule has 0 spiro atoms. The first kappa shape index (κ1) is 21.6. The summed E-state index contributed by atoms with van der Waals surface area (Å²) in [6, 6.07) is 2.05. The number of rotatable bonds is 5. The van der Waals surface area contributed by atoms with Gasteiger partial charge in [0.05, 0.1) is 16.5 Å². The van der Waals surface area contributed by atoms with E-state index in [-0.39, 0.29) is 21.4 Å². The first-order chi connectivity index (χ1) is 11.8. The summed E-state index contributed by atoms with van der Waals surface area (Å²) in [6.45, 7) is 0. The fraction of sp³-hybridized carbons (Fsp3) is 0.500. The molecule has 1 heterocycles. The molecule has 148 valence electrons. The number of anilines is 1. The van der Waals surface area contributed by atoms with Crippen LogP contribution in [0.3, 0.4) is 0 Å². The number of alkyl halides is 3. The van der Waals surface area contributed by atoms with Crippen LogP contribution in [0.2, 0.25) is 5.02 Å². The Bertz CT molecular complexity index is 906. The van der Waals surface area contributed by atoms with Gasteiger partial charge in [0.1, 0.15) is 16.0 Å². The van der Waals surface area contributed by atoms with Crippen LogP contribution in [-0.2, 0) is 20.0 Å². The Kier molecular flexibility index (Phi) is 6.10. The summed E-state index contributed by atoms with van der Waals surface area (Å²) in [4.78, 5) is -0.737. The van der Waals surface area contributed by atoms with Gasteiger partial charge in [0.25, 0.3) is 0 Å². The molecule has 1 aliphatic rings. The normalized spacial score (nSPS) is 20.5. The SMILES string of the molecule is CNS(=O)(=O)c1cc2c(cc1Cl)NC(CSCC(F)(F)F)N(C)S2(=O)=O. The Hall–Kier alpha value is -0.730. The van der Waals surface area contributed by atoms with Gasteiger partial charge in [0, 0.05) is 12.8 Å². The number of sulfonamides is 2. The molecule has 2 rings (SSSR count). The summed E-state index contributed by atoms with van der Waals surface area (Å²) in [7, 11) is -5.76. The summed E-state index contributed by atoms with van der Waals surface area (Å²) in [6.07, 6.45) is -5.31. The van der Waals surface area contributed by atoms with Gasteiger partial charge in [-0.05, 0) is 19.2 Å². The summed E-state index contributed by atoms with van der Waals surface area (Å²) in [5.41, 5.74) is 0.0285. The van der Waals surface area contributed by atoms with Crippen molar-refractivity contribution in [3.8, 4) is 0 Å². The zero-order valence-electron chi connectivity index (χ0n) is 13.5. The van der Waals surface area contributed by atoms with Crippen LogP contribution in [0.1, 0.15) is 0 Å². The smallest absolute Gasteiger partial charge is 0.367 e. The van der Waals surface area contributed by atoms with Gasteiger partial charge in [-0.3, -0.25) is 0 Å². The average Bonchev–Trinajstić information content (AvgIpc) is 2.50. The van der Waals surface area contributed by atoms with E-state index in [4.69, 9.17) is 11.6 Å². The fourth-order valence-corrected chi connectivity index (χ4v) is 5.96. The second kappa shape index (κ2) is 7.36. The van der Waals surface area contributed by atoms with Crippen molar-refractivity contribution in [3.05, 3.63) is 17.2 Å². The highest BCUT2D eigenvalue weighted by molar-refractivity contribution is 7.99. The highest BCUT2D eigenvalue weighted by Crippen LogP contribution is 2.37. The molecule has 14 heteroatoms. The maximum absolute atomic E-state index is 12.6. The number of fused-ring (bicyclic) bond motifs is 1. The monoisotopic (exact) mass is 453 g/mol. The molecule has 2 N–H and O–H groups in total. The molecule has 1 aromatic rings. The van der Waals surface area contributed by atoms with Crippen LogP contribution in [0.15, 0.2) is 21.9 Å². The lowest BCUT2D eigenvalue weighted by molar-refractivity contribution is -0.105. The second-order valence-corrected chi connectivity index (χ2v) is 10.6. The molecule has 1 unspecified atom stereocenters. The Morgan fingerprint density at radius 2 is 2.00 bits per heavy atom. The highest BCUT2D eigenvalue weighted by Gasteiger charge is 2.38. The Labute approximate surface area is 158 Å². The van der Waals surface area contributed by atoms with E-state index in [2.05, 4.69) is 5.32 Å². The Morgan fingerprint density at radius 3 is 2.54 bits per heavy atom. The van der Waals surface area contributed by atoms with Crippen molar-refractivity contribution in [2.24, 2.45) is 0 Å². The van der Waals surface area contributed by atoms with Crippen LogP contribution in [0, 0.1) is 0 Å². The predicted octanol–water partition coefficient (Wildman–Crippen LogP) is 1.92. The van der Waals surface area contributed by atoms with Crippen molar-refractivity contribution in [3.63, 3.8) is 0 Å². The van der Waals surface area contributed by atoms with E-state index in [1.165, 1.54) is 7.05 Å². The molecular formula is C12H15ClF3N3O4S3. The Morgan fingerprint density at radius 1 is 1.38 bits per heavy atom. The van der Waals surface area contributed by atoms with Crippen LogP contribution in [0.25, 0.3) is 0 Å². The number of nitrogens with one attached hydrogen (secondary N) is 2. The number of hydrogen-bond donors (Lipinski definition) is 2. The first-order valence-corrected chi connectivity index (χ1v) is 11.4. The van der Waals surface area contributed by atoms with Gasteiger partial charge < -0.3 is 5.32 Å². The molecule has 0 bridgehead atoms. The third-order valence-electron chi connectivity index (χ3n) is 3.55. The summed E-state index contributed by atoms with van der Waals surface area (Å²) in [5, 5.41) is 2.57. The molecule has 26 heavy (non-hydrogen) atoms. The molecule has 0 fully saturated rings. The quantitative estimate of drug-likeness (QED) is 0.707. The number of benzene rings is 1. The molecule has 1 atom stereocenters. The minimum absolute atomic E-state index is 0.0285. The van der Waals surface area contributed by atoms with Gasteiger partial charge in [0.15, 0.2) is 0 Å². The van der Waals surface area contributed by atoms with E-state index >= 15 is 0 Å². The van der Waals surface area contributed by atoms with E-state index in [1.54, 1.807) is 0 Å². The molecule has 0 amide bonds. The molecule has 0 aromatic heterocycles. The predicted molar refractivity (Wildman–Crippen MR) is 93.4 cm³/mol. The second-order valence-electron chi connectivity index (χ2n) is 5.30. The summed E-state index contributed by atoms with van der Waals surface area (Å²) < 4.78 is 89.0. The number of halogens is 4. The molecule has 0 aliphatic carbocycles. The van der Waals surface area contributed by atoms with Crippen LogP contribution in [0.5, 0.6) is 0 Å². The van der Waals surface area contributed by atoms with Gasteiger partial charge in [0.2, 0.25) is 20.0 Å². The van der Waals surface area contributed by atoms with Gasteiger partial charge in [-0.1, -0.05) is 11.6 Å². The van der Waals surface area contributed by atoms with E-state index < -0.39 is 43.0 Å². The van der Waals surface area contributed by atoms with E-state index in [1.807, 2.05) is 4.72 Å². The molecular weight excluding hydrogens is 439 g/mol. The standard InChI is InChI=1S/C12H15ClF3N3O4S3/c1-17-25(20,21)9-4-10-8(3-7(9)13)18-11(19(2)26(10,22)23)5-24-6-12(14,15)16/h3-4,11,17-18H,5-6H2,1-2H3. The lowest BCUT2D eigenvalue weighted by Crippen LogP contribution is -2.47. The lowest BCUT2D eigenvalue weighted by atomic mass is 10.3. The van der Waals surface area contributed by atoms with Crippen molar-refractivity contribution in [2.45, 2.75) is 22.1 Å². The molecule has 1 aromatic carbocycles. The topological polar surface area (TPSA) is 95.6 Å². The van der Waals surface area contributed by atoms with Crippen LogP contribution in [0.4, 0.5) is 18.9 Å². The van der Waals surface area contributed by atoms with E-state index in [0.717, 1.165) is 23.5 Å². The van der Waals surface area contributed by atoms with Gasteiger partial charge in [-0.25, -0.2) is 21.6 Å². The van der Waals surface area contributed by atoms with Gasteiger partial charge in [-0.2, -0.15) is 17.5 Å². The van der Waals surface area contributed by atoms with Gasteiger partial charge in [-0.15, -0.1) is 11.8 Å². The molecule has 0 radical (unpaired) electrons. The van der Waals surface area contributed by atoms with Crippen LogP contribution < -0.4 is 10.0 Å². The third-order valence-corrected chi connectivity index (χ3v) is 8.42. The number of thioether (sulfide) groups is 1. The largest absolute Gasteiger partial charge is 0.397 e. The Balaban J connectivity index is 2.40. The van der Waals surface area contributed by atoms with Gasteiger partial charge >= 0.3 is 6.18 Å². The van der Waals surface area contributed by atoms with E-state index in [9.17, 15) is 30.0 Å². The van der Waals surface area contributed by atoms with Crippen molar-refractivity contribution < 1.29 is 30.0 Å². The highest BCUT2D eigenvalue weighted by atomic mass is 35.5. The van der Waals surface area contributed by atoms with Crippen molar-refractivity contribution in [1.29, 1.82) is 0 Å². The van der Waals surface area contributed by atoms with Crippen LogP contribution in [-0.4, -0.2) is 59.1 Å². The fourth-order valence-electron chi connectivity index (χ4n) is 2.20. The minimum atomic E-state index is -4.37. The van der Waals surface area contributed by atoms with Crippen LogP contribution >= 0.6 is 23.4 Å². The number of nitrogens with zero attached hydrogens (tertiary/aromatic N) is 1. The molecule has 0 saturated carbocycles. The zero-order valence-corrected chi connectivity index (χ0v) is 16.7. The summed E-state index contributed by atoms with van der Waals surface area (Å²) in [5.74, 6) is -1.28. The maximum Gasteiger partial charge on any atom is 0.397 e. The minimum Gasteiger partial charge on any atom is -0.367 e. The first-order valence-electron chi connectivity index (χ1n) is 6.96. The molecule has 1 aliphatic heterocycles. The van der Waals surface area contributed by atoms with Crippen molar-refractivity contribution in [2.75, 3.05) is 30.9 Å². The lowest BCUT2D eigenvalue weighted by Gasteiger charge is -2.35. The molecule has 0 saturated heterocycles. The summed E-state index contributed by atoms with van der Waals surface area (Å²) >= 11 is 6.47. The van der Waals surface area contributed by atoms with Crippen molar-refractivity contribution in [1.82, 2.24) is 9.03 Å². The molecule has 7 nitrogen and oxygen atoms in total. The van der Waals surface area contributed by atoms with Crippen molar-refractivity contribution >= 4 is 49.1 Å². The zero-order chi connectivity index (χ0) is 19.9. The average molecular weight is 454 g/mol. The maximum atomic E-state index is 12.6. The number of hydrogen-bond acceptors (Lipinski definition) is 6. The third kappa shape index (κ3) is 4.39.